The fraction of sp³-hybridized carbons (Fsp3) is 0.409. The van der Waals surface area contributed by atoms with Gasteiger partial charge in [0.25, 0.3) is 5.91 Å². The number of ether oxygens (including phenoxy) is 1. The second-order valence-electron chi connectivity index (χ2n) is 7.56. The highest BCUT2D eigenvalue weighted by molar-refractivity contribution is 5.94. The lowest BCUT2D eigenvalue weighted by atomic mass is 9.94. The Kier molecular flexibility index (Phi) is 5.12. The van der Waals surface area contributed by atoms with Crippen LogP contribution < -0.4 is 4.74 Å². The number of rotatable bonds is 4. The topological polar surface area (TPSA) is 32.8 Å². The second kappa shape index (κ2) is 7.69. The molecule has 4 nitrogen and oxygen atoms in total. The molecule has 0 aromatic heterocycles. The molecule has 3 aliphatic rings. The van der Waals surface area contributed by atoms with Crippen molar-refractivity contribution in [1.29, 1.82) is 0 Å². The number of amides is 1. The van der Waals surface area contributed by atoms with Gasteiger partial charge in [0.2, 0.25) is 0 Å². The molecule has 2 atom stereocenters. The Labute approximate surface area is 159 Å². The van der Waals surface area contributed by atoms with Crippen LogP contribution in [0.3, 0.4) is 0 Å². The average Bonchev–Trinajstić information content (AvgIpc) is 3.01. The fourth-order valence-corrected chi connectivity index (χ4v) is 4.30. The van der Waals surface area contributed by atoms with E-state index in [1.54, 1.807) is 19.2 Å². The Morgan fingerprint density at radius 1 is 1.11 bits per heavy atom. The number of nitrogens with zero attached hydrogens (tertiary/aromatic N) is 2. The lowest BCUT2D eigenvalue weighted by Gasteiger charge is -2.36. The minimum atomic E-state index is -0.230. The molecule has 3 fully saturated rings. The van der Waals surface area contributed by atoms with Crippen LogP contribution in [-0.2, 0) is 6.54 Å². The number of benzene rings is 2. The predicted octanol–water partition coefficient (Wildman–Crippen LogP) is 3.57. The van der Waals surface area contributed by atoms with Crippen LogP contribution in [0.25, 0.3) is 0 Å². The van der Waals surface area contributed by atoms with E-state index in [0.29, 0.717) is 30.3 Å². The van der Waals surface area contributed by atoms with Gasteiger partial charge >= 0.3 is 0 Å². The molecule has 3 saturated heterocycles. The van der Waals surface area contributed by atoms with Gasteiger partial charge in [0.1, 0.15) is 11.6 Å². The van der Waals surface area contributed by atoms with Crippen LogP contribution in [-0.4, -0.2) is 48.5 Å². The van der Waals surface area contributed by atoms with Crippen LogP contribution in [0.2, 0.25) is 0 Å². The van der Waals surface area contributed by atoms with Crippen molar-refractivity contribution in [3.63, 3.8) is 0 Å². The monoisotopic (exact) mass is 368 g/mol. The van der Waals surface area contributed by atoms with Gasteiger partial charge < -0.3 is 9.64 Å². The lowest BCUT2D eigenvalue weighted by molar-refractivity contribution is 0.0735. The molecule has 5 rings (SSSR count). The zero-order valence-electron chi connectivity index (χ0n) is 15.6. The molecule has 2 bridgehead atoms. The molecule has 0 spiro atoms. The van der Waals surface area contributed by atoms with E-state index in [9.17, 15) is 9.18 Å². The first-order valence-corrected chi connectivity index (χ1v) is 9.55. The molecular weight excluding hydrogens is 343 g/mol. The third-order valence-corrected chi connectivity index (χ3v) is 5.77. The van der Waals surface area contributed by atoms with E-state index in [4.69, 9.17) is 4.74 Å². The van der Waals surface area contributed by atoms with Gasteiger partial charge in [0.15, 0.2) is 0 Å². The van der Waals surface area contributed by atoms with Crippen molar-refractivity contribution >= 4 is 5.91 Å². The normalized spacial score (nSPS) is 22.5. The molecule has 0 aliphatic carbocycles. The van der Waals surface area contributed by atoms with Gasteiger partial charge in [0.05, 0.1) is 7.11 Å². The lowest BCUT2D eigenvalue weighted by Crippen LogP contribution is -2.44. The van der Waals surface area contributed by atoms with E-state index in [-0.39, 0.29) is 17.8 Å². The number of hydrogen-bond donors (Lipinski definition) is 0. The summed E-state index contributed by atoms with van der Waals surface area (Å²) in [6.07, 6.45) is 2.19. The number of piperidine rings is 1. The minimum absolute atomic E-state index is 0.102. The van der Waals surface area contributed by atoms with Gasteiger partial charge in [-0.15, -0.1) is 0 Å². The molecular formula is C22H25FN2O2. The number of carbonyl (C=O) groups excluding carboxylic acids is 1. The zero-order valence-corrected chi connectivity index (χ0v) is 15.6. The largest absolute Gasteiger partial charge is 0.497 e. The molecule has 27 heavy (non-hydrogen) atoms. The van der Waals surface area contributed by atoms with Crippen molar-refractivity contribution < 1.29 is 13.9 Å². The van der Waals surface area contributed by atoms with Crippen molar-refractivity contribution in [3.05, 3.63) is 65.5 Å². The number of halogens is 1. The molecule has 0 saturated carbocycles. The SMILES string of the molecule is COc1ccc(CN2C[C@H]3CC[C@@H]2CN(C(=O)c2ccccc2)C3)c(F)c1. The Hall–Kier alpha value is -2.40. The van der Waals surface area contributed by atoms with Crippen LogP contribution in [0.1, 0.15) is 28.8 Å². The van der Waals surface area contributed by atoms with Gasteiger partial charge in [-0.2, -0.15) is 0 Å². The van der Waals surface area contributed by atoms with E-state index in [1.807, 2.05) is 35.2 Å². The number of methoxy groups -OCH3 is 1. The van der Waals surface area contributed by atoms with Crippen molar-refractivity contribution in [2.75, 3.05) is 26.7 Å². The maximum atomic E-state index is 14.4. The van der Waals surface area contributed by atoms with Gasteiger partial charge in [0, 0.05) is 49.4 Å². The number of hydrogen-bond acceptors (Lipinski definition) is 3. The van der Waals surface area contributed by atoms with Crippen LogP contribution >= 0.6 is 0 Å². The Balaban J connectivity index is 1.49. The zero-order chi connectivity index (χ0) is 18.8. The first kappa shape index (κ1) is 18.0. The van der Waals surface area contributed by atoms with Gasteiger partial charge in [-0.3, -0.25) is 9.69 Å². The molecule has 2 aromatic rings. The smallest absolute Gasteiger partial charge is 0.253 e. The van der Waals surface area contributed by atoms with E-state index >= 15 is 0 Å². The standard InChI is InChI=1S/C22H25FN2O2/c1-27-20-10-8-18(21(23)11-20)14-24-12-16-7-9-19(24)15-25(13-16)22(26)17-5-3-2-4-6-17/h2-6,8,10-11,16,19H,7,9,12-15H2,1H3/t16-,19-/m1/s1. The maximum Gasteiger partial charge on any atom is 0.253 e. The number of carbonyl (C=O) groups is 1. The highest BCUT2D eigenvalue weighted by atomic mass is 19.1. The summed E-state index contributed by atoms with van der Waals surface area (Å²) < 4.78 is 19.5. The Morgan fingerprint density at radius 3 is 2.67 bits per heavy atom. The van der Waals surface area contributed by atoms with Crippen molar-refractivity contribution in [3.8, 4) is 5.75 Å². The van der Waals surface area contributed by atoms with Crippen LogP contribution in [0.5, 0.6) is 5.75 Å². The van der Waals surface area contributed by atoms with Crippen LogP contribution in [0, 0.1) is 11.7 Å². The summed E-state index contributed by atoms with van der Waals surface area (Å²) in [5, 5.41) is 0. The first-order valence-electron chi connectivity index (χ1n) is 9.55. The van der Waals surface area contributed by atoms with Crippen molar-refractivity contribution in [2.45, 2.75) is 25.4 Å². The molecule has 0 radical (unpaired) electrons. The molecule has 142 valence electrons. The highest BCUT2D eigenvalue weighted by Crippen LogP contribution is 2.30. The van der Waals surface area contributed by atoms with E-state index < -0.39 is 0 Å². The van der Waals surface area contributed by atoms with Crippen LogP contribution in [0.4, 0.5) is 4.39 Å². The summed E-state index contributed by atoms with van der Waals surface area (Å²) in [5.74, 6) is 0.850. The first-order chi connectivity index (χ1) is 13.1. The summed E-state index contributed by atoms with van der Waals surface area (Å²) in [7, 11) is 1.54. The summed E-state index contributed by atoms with van der Waals surface area (Å²) in [6.45, 7) is 2.98. The fourth-order valence-electron chi connectivity index (χ4n) is 4.30. The molecule has 2 aromatic carbocycles. The maximum absolute atomic E-state index is 14.4. The van der Waals surface area contributed by atoms with Gasteiger partial charge in [-0.05, 0) is 37.0 Å². The van der Waals surface area contributed by atoms with E-state index in [2.05, 4.69) is 4.90 Å². The summed E-state index contributed by atoms with van der Waals surface area (Å²) in [4.78, 5) is 17.2. The molecule has 3 aliphatic heterocycles. The van der Waals surface area contributed by atoms with E-state index in [1.165, 1.54) is 6.07 Å². The average molecular weight is 368 g/mol. The van der Waals surface area contributed by atoms with Gasteiger partial charge in [-0.25, -0.2) is 4.39 Å². The molecule has 0 N–H and O–H groups in total. The van der Waals surface area contributed by atoms with Crippen molar-refractivity contribution in [1.82, 2.24) is 9.80 Å². The molecule has 0 unspecified atom stereocenters. The van der Waals surface area contributed by atoms with Gasteiger partial charge in [-0.1, -0.05) is 24.3 Å². The Bertz CT molecular complexity index is 811. The summed E-state index contributed by atoms with van der Waals surface area (Å²) >= 11 is 0. The molecule has 1 amide bonds. The minimum Gasteiger partial charge on any atom is -0.497 e. The van der Waals surface area contributed by atoms with Crippen LogP contribution in [0.15, 0.2) is 48.5 Å². The quantitative estimate of drug-likeness (QED) is 0.827. The summed E-state index contributed by atoms with van der Waals surface area (Å²) in [6, 6.07) is 14.8. The highest BCUT2D eigenvalue weighted by Gasteiger charge is 2.36. The molecule has 3 heterocycles. The summed E-state index contributed by atoms with van der Waals surface area (Å²) in [5.41, 5.74) is 1.43. The third kappa shape index (κ3) is 3.83. The predicted molar refractivity (Wildman–Crippen MR) is 102 cm³/mol. The molecule has 5 heteroatoms. The Morgan fingerprint density at radius 2 is 1.93 bits per heavy atom. The second-order valence-corrected chi connectivity index (χ2v) is 7.56. The van der Waals surface area contributed by atoms with Crippen molar-refractivity contribution in [2.24, 2.45) is 5.92 Å². The third-order valence-electron chi connectivity index (χ3n) is 5.77. The number of fused-ring (bicyclic) bond motifs is 4. The van der Waals surface area contributed by atoms with E-state index in [0.717, 1.165) is 31.5 Å².